The van der Waals surface area contributed by atoms with Gasteiger partial charge in [-0.3, -0.25) is 4.79 Å². The fraction of sp³-hybridized carbons (Fsp3) is 0.450. The number of alkyl halides is 3. The Labute approximate surface area is 165 Å². The monoisotopic (exact) mass is 407 g/mol. The number of pyridine rings is 2. The highest BCUT2D eigenvalue weighted by Crippen LogP contribution is 2.51. The third kappa shape index (κ3) is 3.66. The average Bonchev–Trinajstić information content (AvgIpc) is 3.25. The molecule has 0 saturated carbocycles. The molecule has 2 fully saturated rings. The van der Waals surface area contributed by atoms with Crippen LogP contribution in [0.25, 0.3) is 0 Å². The summed E-state index contributed by atoms with van der Waals surface area (Å²) in [6, 6.07) is 7.05. The third-order valence-corrected chi connectivity index (χ3v) is 5.56. The molecular formula is C20H20F3N3O3. The minimum Gasteiger partial charge on any atom is -0.481 e. The van der Waals surface area contributed by atoms with E-state index in [0.29, 0.717) is 18.0 Å². The normalized spacial score (nSPS) is 28.4. The molecule has 0 radical (unpaired) electrons. The van der Waals surface area contributed by atoms with Crippen LogP contribution >= 0.6 is 0 Å². The van der Waals surface area contributed by atoms with Gasteiger partial charge in [0.2, 0.25) is 11.8 Å². The van der Waals surface area contributed by atoms with Crippen LogP contribution in [0.2, 0.25) is 0 Å². The van der Waals surface area contributed by atoms with E-state index in [0.717, 1.165) is 6.07 Å². The van der Waals surface area contributed by atoms with Crippen molar-refractivity contribution >= 4 is 11.6 Å². The van der Waals surface area contributed by atoms with Crippen molar-refractivity contribution in [3.8, 4) is 5.88 Å². The molecule has 4 heterocycles. The van der Waals surface area contributed by atoms with Crippen molar-refractivity contribution in [2.24, 2.45) is 11.8 Å². The van der Waals surface area contributed by atoms with E-state index in [4.69, 9.17) is 9.47 Å². The first-order chi connectivity index (χ1) is 13.8. The molecule has 2 bridgehead atoms. The molecule has 0 aliphatic carbocycles. The van der Waals surface area contributed by atoms with Crippen LogP contribution in [0.5, 0.6) is 5.88 Å². The minimum absolute atomic E-state index is 0.131. The van der Waals surface area contributed by atoms with Crippen LogP contribution in [0.1, 0.15) is 30.7 Å². The number of methoxy groups -OCH3 is 1. The molecule has 29 heavy (non-hydrogen) atoms. The number of rotatable bonds is 4. The minimum atomic E-state index is -4.55. The smallest absolute Gasteiger partial charge is 0.433 e. The average molecular weight is 407 g/mol. The molecule has 2 aliphatic rings. The number of amides is 1. The lowest BCUT2D eigenvalue weighted by Crippen LogP contribution is -2.39. The molecule has 6 nitrogen and oxygen atoms in total. The molecule has 2 saturated heterocycles. The number of aromatic nitrogens is 2. The fourth-order valence-electron chi connectivity index (χ4n) is 4.28. The van der Waals surface area contributed by atoms with Crippen LogP contribution in [0.15, 0.2) is 36.5 Å². The number of fused-ring (bicyclic) bond motifs is 2. The Morgan fingerprint density at radius 3 is 2.72 bits per heavy atom. The highest BCUT2D eigenvalue weighted by atomic mass is 19.4. The lowest BCUT2D eigenvalue weighted by atomic mass is 9.72. The van der Waals surface area contributed by atoms with E-state index in [2.05, 4.69) is 15.3 Å². The number of carbonyl (C=O) groups excluding carboxylic acids is 1. The first-order valence-electron chi connectivity index (χ1n) is 9.28. The second kappa shape index (κ2) is 7.29. The third-order valence-electron chi connectivity index (χ3n) is 5.56. The lowest BCUT2D eigenvalue weighted by molar-refractivity contribution is -0.141. The Bertz CT molecular complexity index is 904. The Balaban J connectivity index is 1.62. The summed E-state index contributed by atoms with van der Waals surface area (Å²) in [7, 11) is 1.49. The molecule has 1 N–H and O–H groups in total. The van der Waals surface area contributed by atoms with Crippen molar-refractivity contribution in [3.63, 3.8) is 0 Å². The maximum atomic E-state index is 13.1. The SMILES string of the molecule is COc1ccc(NC(=O)[C@@H]2[C@@H]3O[C@H](C[C@@H]3C)[C@@H]2c2cccc(C(F)(F)F)n2)cn1. The van der Waals surface area contributed by atoms with Crippen LogP contribution < -0.4 is 10.1 Å². The number of anilines is 1. The Morgan fingerprint density at radius 2 is 2.07 bits per heavy atom. The highest BCUT2D eigenvalue weighted by Gasteiger charge is 2.56. The maximum absolute atomic E-state index is 13.1. The van der Waals surface area contributed by atoms with Gasteiger partial charge in [-0.1, -0.05) is 13.0 Å². The van der Waals surface area contributed by atoms with Crippen molar-refractivity contribution in [1.29, 1.82) is 0 Å². The topological polar surface area (TPSA) is 73.3 Å². The molecule has 4 rings (SSSR count). The number of carbonyl (C=O) groups is 1. The molecule has 5 atom stereocenters. The largest absolute Gasteiger partial charge is 0.481 e. The summed E-state index contributed by atoms with van der Waals surface area (Å²) in [5.41, 5.74) is -0.265. The number of hydrogen-bond acceptors (Lipinski definition) is 5. The Kier molecular flexibility index (Phi) is 4.94. The predicted molar refractivity (Wildman–Crippen MR) is 97.3 cm³/mol. The van der Waals surface area contributed by atoms with Crippen molar-refractivity contribution in [3.05, 3.63) is 47.9 Å². The quantitative estimate of drug-likeness (QED) is 0.838. The van der Waals surface area contributed by atoms with Crippen molar-refractivity contribution in [1.82, 2.24) is 9.97 Å². The number of nitrogens with one attached hydrogen (secondary N) is 1. The molecule has 2 aromatic heterocycles. The molecule has 0 spiro atoms. The first-order valence-corrected chi connectivity index (χ1v) is 9.28. The Hall–Kier alpha value is -2.68. The van der Waals surface area contributed by atoms with Gasteiger partial charge in [-0.05, 0) is 30.5 Å². The summed E-state index contributed by atoms with van der Waals surface area (Å²) < 4.78 is 50.3. The van der Waals surface area contributed by atoms with Gasteiger partial charge in [-0.15, -0.1) is 0 Å². The van der Waals surface area contributed by atoms with E-state index in [-0.39, 0.29) is 29.7 Å². The summed E-state index contributed by atoms with van der Waals surface area (Å²) >= 11 is 0. The second-order valence-electron chi connectivity index (χ2n) is 7.43. The summed E-state index contributed by atoms with van der Waals surface area (Å²) in [6.07, 6.45) is -3.11. The van der Waals surface area contributed by atoms with Gasteiger partial charge in [0.15, 0.2) is 0 Å². The van der Waals surface area contributed by atoms with Crippen LogP contribution in [-0.4, -0.2) is 35.2 Å². The first kappa shape index (κ1) is 19.6. The van der Waals surface area contributed by atoms with Gasteiger partial charge in [0.05, 0.1) is 37.1 Å². The Morgan fingerprint density at radius 1 is 1.28 bits per heavy atom. The number of hydrogen-bond donors (Lipinski definition) is 1. The van der Waals surface area contributed by atoms with E-state index >= 15 is 0 Å². The van der Waals surface area contributed by atoms with Crippen LogP contribution in [-0.2, 0) is 15.7 Å². The van der Waals surface area contributed by atoms with Crippen LogP contribution in [0, 0.1) is 11.8 Å². The second-order valence-corrected chi connectivity index (χ2v) is 7.43. The van der Waals surface area contributed by atoms with E-state index in [1.807, 2.05) is 6.92 Å². The van der Waals surface area contributed by atoms with Gasteiger partial charge in [0, 0.05) is 17.7 Å². The summed E-state index contributed by atoms with van der Waals surface area (Å²) in [5.74, 6) is -0.954. The number of nitrogens with zero attached hydrogens (tertiary/aromatic N) is 2. The van der Waals surface area contributed by atoms with Crippen LogP contribution in [0.4, 0.5) is 18.9 Å². The maximum Gasteiger partial charge on any atom is 0.433 e. The zero-order chi connectivity index (χ0) is 20.8. The predicted octanol–water partition coefficient (Wildman–Crippen LogP) is 3.65. The van der Waals surface area contributed by atoms with Gasteiger partial charge >= 0.3 is 6.18 Å². The van der Waals surface area contributed by atoms with E-state index in [9.17, 15) is 18.0 Å². The number of halogens is 3. The van der Waals surface area contributed by atoms with Gasteiger partial charge in [0.25, 0.3) is 0 Å². The van der Waals surface area contributed by atoms with Gasteiger partial charge in [-0.25, -0.2) is 9.97 Å². The summed E-state index contributed by atoms with van der Waals surface area (Å²) in [5, 5.41) is 2.80. The van der Waals surface area contributed by atoms with Gasteiger partial charge < -0.3 is 14.8 Å². The molecular weight excluding hydrogens is 387 g/mol. The van der Waals surface area contributed by atoms with E-state index in [1.54, 1.807) is 12.1 Å². The van der Waals surface area contributed by atoms with Gasteiger partial charge in [-0.2, -0.15) is 13.2 Å². The zero-order valence-corrected chi connectivity index (χ0v) is 15.8. The van der Waals surface area contributed by atoms with E-state index in [1.165, 1.54) is 25.4 Å². The van der Waals surface area contributed by atoms with Crippen LogP contribution in [0.3, 0.4) is 0 Å². The molecule has 2 aliphatic heterocycles. The lowest BCUT2D eigenvalue weighted by Gasteiger charge is -2.30. The number of ether oxygens (including phenoxy) is 2. The van der Waals surface area contributed by atoms with Crippen molar-refractivity contribution < 1.29 is 27.4 Å². The molecule has 0 aromatic carbocycles. The summed E-state index contributed by atoms with van der Waals surface area (Å²) in [4.78, 5) is 20.9. The molecule has 9 heteroatoms. The van der Waals surface area contributed by atoms with E-state index < -0.39 is 23.7 Å². The fourth-order valence-corrected chi connectivity index (χ4v) is 4.28. The molecule has 154 valence electrons. The molecule has 0 unspecified atom stereocenters. The molecule has 2 aromatic rings. The molecule has 1 amide bonds. The highest BCUT2D eigenvalue weighted by molar-refractivity contribution is 5.94. The van der Waals surface area contributed by atoms with Gasteiger partial charge in [0.1, 0.15) is 5.69 Å². The standard InChI is InChI=1S/C20H20F3N3O3/c1-10-8-13-16(12-4-3-5-14(26-12)20(21,22)23)17(18(10)29-13)19(27)25-11-6-7-15(28-2)24-9-11/h3-7,9-10,13,16-18H,8H2,1-2H3,(H,25,27)/t10-,13+,16-,17-,18+/m0/s1. The summed E-state index contributed by atoms with van der Waals surface area (Å²) in [6.45, 7) is 1.98. The zero-order valence-electron chi connectivity index (χ0n) is 15.8. The van der Waals surface area contributed by atoms with Crippen molar-refractivity contribution in [2.75, 3.05) is 12.4 Å². The van der Waals surface area contributed by atoms with Crippen molar-refractivity contribution in [2.45, 2.75) is 37.6 Å².